The minimum absolute atomic E-state index is 0.176. The highest BCUT2D eigenvalue weighted by molar-refractivity contribution is 5.78. The second-order valence-electron chi connectivity index (χ2n) is 5.06. The fourth-order valence-corrected chi connectivity index (χ4v) is 1.97. The monoisotopic (exact) mass is 264 g/mol. The van der Waals surface area contributed by atoms with E-state index in [4.69, 9.17) is 14.9 Å². The first kappa shape index (κ1) is 13.2. The van der Waals surface area contributed by atoms with Crippen LogP contribution in [-0.2, 0) is 16.1 Å². The van der Waals surface area contributed by atoms with Crippen LogP contribution in [0.1, 0.15) is 13.8 Å². The maximum Gasteiger partial charge on any atom is 0.419 e. The van der Waals surface area contributed by atoms with Crippen molar-refractivity contribution in [2.24, 2.45) is 5.41 Å². The Morgan fingerprint density at radius 1 is 1.47 bits per heavy atom. The summed E-state index contributed by atoms with van der Waals surface area (Å²) in [6.45, 7) is 3.60. The number of carbonyl (C=O) groups excluding carboxylic acids is 1. The Morgan fingerprint density at radius 2 is 2.16 bits per heavy atom. The van der Waals surface area contributed by atoms with E-state index in [1.165, 1.54) is 11.7 Å². The fraction of sp³-hybridized carbons (Fsp3) is 0.385. The normalized spacial score (nSPS) is 11.7. The first-order chi connectivity index (χ1) is 8.85. The summed E-state index contributed by atoms with van der Waals surface area (Å²) in [7, 11) is 1.32. The van der Waals surface area contributed by atoms with Gasteiger partial charge in [0.1, 0.15) is 0 Å². The molecule has 1 aromatic carbocycles. The molecule has 19 heavy (non-hydrogen) atoms. The van der Waals surface area contributed by atoms with Crippen molar-refractivity contribution >= 4 is 22.8 Å². The summed E-state index contributed by atoms with van der Waals surface area (Å²) in [4.78, 5) is 23.5. The van der Waals surface area contributed by atoms with Gasteiger partial charge in [0.15, 0.2) is 5.58 Å². The zero-order valence-corrected chi connectivity index (χ0v) is 11.1. The van der Waals surface area contributed by atoms with Crippen LogP contribution in [0.2, 0.25) is 0 Å². The van der Waals surface area contributed by atoms with Crippen molar-refractivity contribution in [1.29, 1.82) is 0 Å². The standard InChI is InChI=1S/C13H16N2O4/c1-13(2,11(16)18-3)7-15-9-5-4-8(14)6-10(9)19-12(15)17/h4-6H,7,14H2,1-3H3. The van der Waals surface area contributed by atoms with Crippen molar-refractivity contribution in [3.8, 4) is 0 Å². The van der Waals surface area contributed by atoms with Crippen LogP contribution < -0.4 is 11.5 Å². The highest BCUT2D eigenvalue weighted by Gasteiger charge is 2.31. The number of rotatable bonds is 3. The van der Waals surface area contributed by atoms with Gasteiger partial charge in [0, 0.05) is 18.3 Å². The lowest BCUT2D eigenvalue weighted by molar-refractivity contribution is -0.151. The third-order valence-corrected chi connectivity index (χ3v) is 2.98. The van der Waals surface area contributed by atoms with Gasteiger partial charge in [-0.2, -0.15) is 0 Å². The molecule has 0 aliphatic heterocycles. The molecule has 0 aliphatic rings. The van der Waals surface area contributed by atoms with Crippen molar-refractivity contribution in [3.63, 3.8) is 0 Å². The molecule has 1 aromatic heterocycles. The van der Waals surface area contributed by atoms with Gasteiger partial charge in [0.25, 0.3) is 0 Å². The van der Waals surface area contributed by atoms with Gasteiger partial charge in [-0.3, -0.25) is 9.36 Å². The molecule has 0 unspecified atom stereocenters. The van der Waals surface area contributed by atoms with Gasteiger partial charge in [-0.1, -0.05) is 0 Å². The second-order valence-corrected chi connectivity index (χ2v) is 5.06. The molecule has 102 valence electrons. The van der Waals surface area contributed by atoms with Crippen LogP contribution in [0.4, 0.5) is 5.69 Å². The number of anilines is 1. The van der Waals surface area contributed by atoms with Crippen LogP contribution in [0, 0.1) is 5.41 Å². The van der Waals surface area contributed by atoms with E-state index >= 15 is 0 Å². The van der Waals surface area contributed by atoms with Gasteiger partial charge < -0.3 is 14.9 Å². The van der Waals surface area contributed by atoms with Crippen LogP contribution in [0.25, 0.3) is 11.1 Å². The molecule has 6 nitrogen and oxygen atoms in total. The van der Waals surface area contributed by atoms with E-state index in [0.717, 1.165) is 0 Å². The summed E-state index contributed by atoms with van der Waals surface area (Å²) in [5.41, 5.74) is 6.34. The number of hydrogen-bond acceptors (Lipinski definition) is 5. The Balaban J connectivity index is 2.49. The van der Waals surface area contributed by atoms with Crippen LogP contribution in [0.3, 0.4) is 0 Å². The smallest absolute Gasteiger partial charge is 0.419 e. The molecule has 0 spiro atoms. The average Bonchev–Trinajstić information content (AvgIpc) is 2.63. The second kappa shape index (κ2) is 4.46. The minimum atomic E-state index is -0.823. The number of hydrogen-bond donors (Lipinski definition) is 1. The lowest BCUT2D eigenvalue weighted by Crippen LogP contribution is -2.33. The first-order valence-corrected chi connectivity index (χ1v) is 5.82. The maximum absolute atomic E-state index is 11.8. The molecule has 1 heterocycles. The van der Waals surface area contributed by atoms with E-state index in [0.29, 0.717) is 16.8 Å². The molecule has 0 radical (unpaired) electrons. The third kappa shape index (κ3) is 2.33. The number of esters is 1. The molecule has 0 bridgehead atoms. The summed E-state index contributed by atoms with van der Waals surface area (Å²) in [6.07, 6.45) is 0. The quantitative estimate of drug-likeness (QED) is 0.668. The van der Waals surface area contributed by atoms with E-state index in [-0.39, 0.29) is 12.5 Å². The van der Waals surface area contributed by atoms with E-state index < -0.39 is 11.2 Å². The van der Waals surface area contributed by atoms with Gasteiger partial charge in [-0.05, 0) is 26.0 Å². The number of carbonyl (C=O) groups is 1. The minimum Gasteiger partial charge on any atom is -0.469 e. The zero-order chi connectivity index (χ0) is 14.2. The Labute approximate surface area is 109 Å². The number of nitrogen functional groups attached to an aromatic ring is 1. The summed E-state index contributed by atoms with van der Waals surface area (Å²) < 4.78 is 11.3. The van der Waals surface area contributed by atoms with Crippen molar-refractivity contribution in [3.05, 3.63) is 28.7 Å². The number of ether oxygens (including phenoxy) is 1. The number of aromatic nitrogens is 1. The molecule has 2 aromatic rings. The van der Waals surface area contributed by atoms with E-state index in [9.17, 15) is 9.59 Å². The van der Waals surface area contributed by atoms with E-state index in [2.05, 4.69) is 0 Å². The number of methoxy groups -OCH3 is 1. The van der Waals surface area contributed by atoms with Gasteiger partial charge >= 0.3 is 11.7 Å². The number of nitrogens with two attached hydrogens (primary N) is 1. The van der Waals surface area contributed by atoms with Crippen LogP contribution in [0.5, 0.6) is 0 Å². The van der Waals surface area contributed by atoms with Crippen molar-refractivity contribution in [1.82, 2.24) is 4.57 Å². The predicted molar refractivity (Wildman–Crippen MR) is 70.7 cm³/mol. The number of oxazole rings is 1. The summed E-state index contributed by atoms with van der Waals surface area (Å²) in [5.74, 6) is -0.901. The number of benzene rings is 1. The molecule has 0 saturated carbocycles. The van der Waals surface area contributed by atoms with Gasteiger partial charge in [-0.15, -0.1) is 0 Å². The largest absolute Gasteiger partial charge is 0.469 e. The van der Waals surface area contributed by atoms with Crippen molar-refractivity contribution < 1.29 is 13.9 Å². The number of nitrogens with zero attached hydrogens (tertiary/aromatic N) is 1. The highest BCUT2D eigenvalue weighted by Crippen LogP contribution is 2.23. The molecular weight excluding hydrogens is 248 g/mol. The topological polar surface area (TPSA) is 87.5 Å². The highest BCUT2D eigenvalue weighted by atomic mass is 16.5. The van der Waals surface area contributed by atoms with Gasteiger partial charge in [-0.25, -0.2) is 4.79 Å². The lowest BCUT2D eigenvalue weighted by atomic mass is 9.93. The molecule has 0 aliphatic carbocycles. The molecular formula is C13H16N2O4. The Kier molecular flexibility index (Phi) is 3.09. The van der Waals surface area contributed by atoms with Crippen LogP contribution >= 0.6 is 0 Å². The third-order valence-electron chi connectivity index (χ3n) is 2.98. The maximum atomic E-state index is 11.8. The van der Waals surface area contributed by atoms with Crippen LogP contribution in [-0.4, -0.2) is 17.6 Å². The first-order valence-electron chi connectivity index (χ1n) is 5.82. The van der Waals surface area contributed by atoms with Crippen molar-refractivity contribution in [2.75, 3.05) is 12.8 Å². The van der Waals surface area contributed by atoms with Gasteiger partial charge in [0.05, 0.1) is 18.0 Å². The summed E-state index contributed by atoms with van der Waals surface area (Å²) >= 11 is 0. The van der Waals surface area contributed by atoms with E-state index in [1.807, 2.05) is 0 Å². The summed E-state index contributed by atoms with van der Waals surface area (Å²) in [5, 5.41) is 0. The molecule has 0 amide bonds. The number of fused-ring (bicyclic) bond motifs is 1. The Morgan fingerprint density at radius 3 is 2.79 bits per heavy atom. The Bertz CT molecular complexity index is 681. The van der Waals surface area contributed by atoms with E-state index in [1.54, 1.807) is 32.0 Å². The molecule has 0 saturated heterocycles. The van der Waals surface area contributed by atoms with Gasteiger partial charge in [0.2, 0.25) is 0 Å². The summed E-state index contributed by atoms with van der Waals surface area (Å²) in [6, 6.07) is 4.96. The average molecular weight is 264 g/mol. The molecule has 2 N–H and O–H groups in total. The molecule has 0 atom stereocenters. The fourth-order valence-electron chi connectivity index (χ4n) is 1.97. The predicted octanol–water partition coefficient (Wildman–Crippen LogP) is 1.38. The molecule has 0 fully saturated rings. The zero-order valence-electron chi connectivity index (χ0n) is 11.1. The molecule has 6 heteroatoms. The Hall–Kier alpha value is -2.24. The van der Waals surface area contributed by atoms with Crippen LogP contribution in [0.15, 0.2) is 27.4 Å². The SMILES string of the molecule is COC(=O)C(C)(C)Cn1c(=O)oc2cc(N)ccc21. The lowest BCUT2D eigenvalue weighted by Gasteiger charge is -2.21. The van der Waals surface area contributed by atoms with Crippen molar-refractivity contribution in [2.45, 2.75) is 20.4 Å². The molecule has 2 rings (SSSR count).